The lowest BCUT2D eigenvalue weighted by Crippen LogP contribution is -2.18. The molecule has 3 nitrogen and oxygen atoms in total. The second-order valence-electron chi connectivity index (χ2n) is 2.91. The van der Waals surface area contributed by atoms with Crippen LogP contribution < -0.4 is 0 Å². The third-order valence-electron chi connectivity index (χ3n) is 1.99. The summed E-state index contributed by atoms with van der Waals surface area (Å²) in [7, 11) is 0. The van der Waals surface area contributed by atoms with Crippen molar-refractivity contribution in [2.75, 3.05) is 0 Å². The van der Waals surface area contributed by atoms with Crippen LogP contribution in [-0.2, 0) is 4.79 Å². The summed E-state index contributed by atoms with van der Waals surface area (Å²) >= 11 is 5.67. The SMILES string of the molecule is O=C1C=C(O)c2ccc(Cl)cc2C1=O. The van der Waals surface area contributed by atoms with Gasteiger partial charge in [-0.3, -0.25) is 9.59 Å². The number of halogens is 1. The zero-order valence-electron chi connectivity index (χ0n) is 6.95. The number of hydrogen-bond acceptors (Lipinski definition) is 3. The summed E-state index contributed by atoms with van der Waals surface area (Å²) < 4.78 is 0. The summed E-state index contributed by atoms with van der Waals surface area (Å²) in [6, 6.07) is 4.43. The van der Waals surface area contributed by atoms with Crippen LogP contribution in [0.25, 0.3) is 5.76 Å². The summed E-state index contributed by atoms with van der Waals surface area (Å²) in [6.07, 6.45) is 0.915. The van der Waals surface area contributed by atoms with Gasteiger partial charge in [0.25, 0.3) is 0 Å². The third-order valence-corrected chi connectivity index (χ3v) is 2.23. The van der Waals surface area contributed by atoms with E-state index in [9.17, 15) is 14.7 Å². The van der Waals surface area contributed by atoms with Gasteiger partial charge in [-0.15, -0.1) is 0 Å². The predicted molar refractivity (Wildman–Crippen MR) is 51.4 cm³/mol. The number of allylic oxidation sites excluding steroid dienone is 1. The normalized spacial score (nSPS) is 15.1. The third kappa shape index (κ3) is 1.22. The molecule has 0 radical (unpaired) electrons. The first kappa shape index (κ1) is 8.97. The molecule has 0 spiro atoms. The van der Waals surface area contributed by atoms with Crippen LogP contribution in [0.1, 0.15) is 15.9 Å². The highest BCUT2D eigenvalue weighted by atomic mass is 35.5. The van der Waals surface area contributed by atoms with Gasteiger partial charge < -0.3 is 5.11 Å². The summed E-state index contributed by atoms with van der Waals surface area (Å²) in [5, 5.41) is 9.75. The van der Waals surface area contributed by atoms with E-state index in [4.69, 9.17) is 11.6 Å². The predicted octanol–water partition coefficient (Wildman–Crippen LogP) is 2.00. The van der Waals surface area contributed by atoms with Crippen molar-refractivity contribution in [1.82, 2.24) is 0 Å². The maximum Gasteiger partial charge on any atom is 0.233 e. The zero-order chi connectivity index (χ0) is 10.3. The van der Waals surface area contributed by atoms with Crippen LogP contribution in [-0.4, -0.2) is 16.7 Å². The van der Waals surface area contributed by atoms with E-state index < -0.39 is 11.6 Å². The van der Waals surface area contributed by atoms with Gasteiger partial charge in [0.1, 0.15) is 5.76 Å². The Morgan fingerprint density at radius 2 is 1.86 bits per heavy atom. The Labute approximate surface area is 84.6 Å². The molecule has 0 atom stereocenters. The monoisotopic (exact) mass is 208 g/mol. The van der Waals surface area contributed by atoms with Gasteiger partial charge in [0.05, 0.1) is 0 Å². The molecule has 4 heteroatoms. The number of carbonyl (C=O) groups is 2. The fourth-order valence-electron chi connectivity index (χ4n) is 1.33. The van der Waals surface area contributed by atoms with E-state index in [0.29, 0.717) is 10.6 Å². The number of ketones is 2. The van der Waals surface area contributed by atoms with Gasteiger partial charge in [-0.05, 0) is 18.2 Å². The molecule has 0 fully saturated rings. The lowest BCUT2D eigenvalue weighted by molar-refractivity contribution is -0.111. The first-order valence-electron chi connectivity index (χ1n) is 3.89. The molecular formula is C10H5ClO3. The Hall–Kier alpha value is -1.61. The largest absolute Gasteiger partial charge is 0.507 e. The number of fused-ring (bicyclic) bond motifs is 1. The van der Waals surface area contributed by atoms with Crippen molar-refractivity contribution >= 4 is 28.9 Å². The molecule has 0 heterocycles. The zero-order valence-corrected chi connectivity index (χ0v) is 7.71. The highest BCUT2D eigenvalue weighted by molar-refractivity contribution is 6.50. The Morgan fingerprint density at radius 1 is 1.14 bits per heavy atom. The first-order chi connectivity index (χ1) is 6.59. The Morgan fingerprint density at radius 3 is 2.57 bits per heavy atom. The minimum atomic E-state index is -0.725. The number of Topliss-reactive ketones (excluding diaryl/α,β-unsaturated/α-hetero) is 1. The average Bonchev–Trinajstić information content (AvgIpc) is 2.14. The Kier molecular flexibility index (Phi) is 1.89. The van der Waals surface area contributed by atoms with Crippen LogP contribution in [0.2, 0.25) is 5.02 Å². The van der Waals surface area contributed by atoms with Crippen LogP contribution in [0.5, 0.6) is 0 Å². The van der Waals surface area contributed by atoms with Gasteiger partial charge in [0.2, 0.25) is 11.6 Å². The quantitative estimate of drug-likeness (QED) is 0.664. The fourth-order valence-corrected chi connectivity index (χ4v) is 1.50. The minimum absolute atomic E-state index is 0.155. The molecule has 2 rings (SSSR count). The summed E-state index contributed by atoms with van der Waals surface area (Å²) in [6.45, 7) is 0. The van der Waals surface area contributed by atoms with Crippen molar-refractivity contribution in [2.45, 2.75) is 0 Å². The van der Waals surface area contributed by atoms with Crippen molar-refractivity contribution in [3.8, 4) is 0 Å². The molecule has 1 N–H and O–H groups in total. The van der Waals surface area contributed by atoms with Crippen molar-refractivity contribution in [3.05, 3.63) is 40.4 Å². The second-order valence-corrected chi connectivity index (χ2v) is 3.35. The topological polar surface area (TPSA) is 54.4 Å². The first-order valence-corrected chi connectivity index (χ1v) is 4.26. The maximum atomic E-state index is 11.4. The summed E-state index contributed by atoms with van der Waals surface area (Å²) in [4.78, 5) is 22.4. The van der Waals surface area contributed by atoms with Crippen LogP contribution in [0.4, 0.5) is 0 Å². The molecule has 0 saturated carbocycles. The number of rotatable bonds is 0. The van der Waals surface area contributed by atoms with E-state index in [1.54, 1.807) is 6.07 Å². The van der Waals surface area contributed by atoms with E-state index in [1.165, 1.54) is 12.1 Å². The number of hydrogen-bond donors (Lipinski definition) is 1. The van der Waals surface area contributed by atoms with Gasteiger partial charge in [0.15, 0.2) is 0 Å². The molecule has 1 aromatic carbocycles. The van der Waals surface area contributed by atoms with Crippen molar-refractivity contribution < 1.29 is 14.7 Å². The molecule has 0 saturated heterocycles. The average molecular weight is 209 g/mol. The molecule has 0 aliphatic heterocycles. The Balaban J connectivity index is 2.72. The number of aliphatic hydroxyl groups is 1. The molecule has 1 aliphatic carbocycles. The van der Waals surface area contributed by atoms with Gasteiger partial charge in [-0.1, -0.05) is 11.6 Å². The van der Waals surface area contributed by atoms with Crippen molar-refractivity contribution in [3.63, 3.8) is 0 Å². The summed E-state index contributed by atoms with van der Waals surface area (Å²) in [5.41, 5.74) is 0.501. The fraction of sp³-hybridized carbons (Fsp3) is 0. The van der Waals surface area contributed by atoms with E-state index in [-0.39, 0.29) is 11.3 Å². The lowest BCUT2D eigenvalue weighted by atomic mass is 9.94. The van der Waals surface area contributed by atoms with Crippen LogP contribution in [0.3, 0.4) is 0 Å². The molecular weight excluding hydrogens is 204 g/mol. The molecule has 0 unspecified atom stereocenters. The number of benzene rings is 1. The second kappa shape index (κ2) is 2.96. The molecule has 70 valence electrons. The highest BCUT2D eigenvalue weighted by Gasteiger charge is 2.25. The molecule has 1 aromatic rings. The van der Waals surface area contributed by atoms with E-state index in [2.05, 4.69) is 0 Å². The molecule has 0 bridgehead atoms. The number of aliphatic hydroxyl groups excluding tert-OH is 1. The summed E-state index contributed by atoms with van der Waals surface area (Å²) in [5.74, 6) is -1.56. The Bertz CT molecular complexity index is 474. The molecule has 1 aliphatic rings. The molecule has 0 aromatic heterocycles. The standard InChI is InChI=1S/C10H5ClO3/c11-5-1-2-6-7(3-5)10(14)9(13)4-8(6)12/h1-4,12H. The maximum absolute atomic E-state index is 11.4. The van der Waals surface area contributed by atoms with Crippen LogP contribution >= 0.6 is 11.6 Å². The lowest BCUT2D eigenvalue weighted by Gasteiger charge is -2.11. The van der Waals surface area contributed by atoms with E-state index in [0.717, 1.165) is 6.08 Å². The van der Waals surface area contributed by atoms with Gasteiger partial charge in [-0.25, -0.2) is 0 Å². The smallest absolute Gasteiger partial charge is 0.233 e. The van der Waals surface area contributed by atoms with E-state index in [1.807, 2.05) is 0 Å². The van der Waals surface area contributed by atoms with Crippen LogP contribution in [0.15, 0.2) is 24.3 Å². The van der Waals surface area contributed by atoms with Crippen molar-refractivity contribution in [1.29, 1.82) is 0 Å². The van der Waals surface area contributed by atoms with Gasteiger partial charge in [-0.2, -0.15) is 0 Å². The van der Waals surface area contributed by atoms with E-state index >= 15 is 0 Å². The molecule has 14 heavy (non-hydrogen) atoms. The van der Waals surface area contributed by atoms with Crippen molar-refractivity contribution in [2.24, 2.45) is 0 Å². The molecule has 0 amide bonds. The van der Waals surface area contributed by atoms with Gasteiger partial charge >= 0.3 is 0 Å². The van der Waals surface area contributed by atoms with Gasteiger partial charge in [0, 0.05) is 22.2 Å². The number of carbonyl (C=O) groups excluding carboxylic acids is 2. The highest BCUT2D eigenvalue weighted by Crippen LogP contribution is 2.25. The minimum Gasteiger partial charge on any atom is -0.507 e. The van der Waals surface area contributed by atoms with Crippen LogP contribution in [0, 0.1) is 0 Å².